The van der Waals surface area contributed by atoms with Gasteiger partial charge in [-0.15, -0.1) is 5.46 Å². The Bertz CT molecular complexity index is 579. The van der Waals surface area contributed by atoms with Crippen molar-refractivity contribution in [3.8, 4) is 5.75 Å². The third-order valence-corrected chi connectivity index (χ3v) is 2.34. The molecule has 18 heavy (non-hydrogen) atoms. The van der Waals surface area contributed by atoms with Crippen LogP contribution in [0.2, 0.25) is 0 Å². The molecule has 1 aromatic carbocycles. The smallest absolute Gasteiger partial charge is 0.493 e. The van der Waals surface area contributed by atoms with Gasteiger partial charge in [-0.3, -0.25) is 4.79 Å². The molecule has 0 aliphatic heterocycles. The molecule has 0 saturated carbocycles. The summed E-state index contributed by atoms with van der Waals surface area (Å²) in [5.74, 6) is -0.0741. The van der Waals surface area contributed by atoms with Crippen LogP contribution in [0.25, 0.3) is 11.0 Å². The first kappa shape index (κ1) is 15.8. The van der Waals surface area contributed by atoms with Gasteiger partial charge in [-0.05, 0) is 12.1 Å². The van der Waals surface area contributed by atoms with E-state index < -0.39 is 12.4 Å². The van der Waals surface area contributed by atoms with Crippen molar-refractivity contribution in [1.82, 2.24) is 0 Å². The fraction of sp³-hybridized carbons (Fsp3) is 0.100. The van der Waals surface area contributed by atoms with Gasteiger partial charge in [-0.2, -0.15) is 0 Å². The fourth-order valence-electron chi connectivity index (χ4n) is 1.56. The zero-order valence-corrected chi connectivity index (χ0v) is 12.9. The number of hydrogen-bond acceptors (Lipinski definition) is 3. The van der Waals surface area contributed by atoms with Crippen LogP contribution in [0.4, 0.5) is 12.9 Å². The monoisotopic (exact) mass is 282 g/mol. The molecule has 3 nitrogen and oxygen atoms in total. The number of carbonyl (C=O) groups is 1. The molecule has 0 N–H and O–H groups in total. The van der Waals surface area contributed by atoms with E-state index in [9.17, 15) is 17.7 Å². The largest absolute Gasteiger partial charge is 1.00 e. The van der Waals surface area contributed by atoms with Gasteiger partial charge in [0.15, 0.2) is 23.4 Å². The first-order valence-electron chi connectivity index (χ1n) is 4.72. The van der Waals surface area contributed by atoms with E-state index in [0.29, 0.717) is 6.29 Å². The molecule has 0 aliphatic rings. The van der Waals surface area contributed by atoms with Crippen LogP contribution in [0.15, 0.2) is 22.6 Å². The maximum absolute atomic E-state index is 12.6. The van der Waals surface area contributed by atoms with Gasteiger partial charge in [0.25, 0.3) is 0 Å². The Kier molecular flexibility index (Phi) is 5.07. The number of carbonyl (C=O) groups excluding carboxylic acids is 1. The van der Waals surface area contributed by atoms with Crippen molar-refractivity contribution >= 4 is 29.7 Å². The number of methoxy groups -OCH3 is 1. The van der Waals surface area contributed by atoms with E-state index in [2.05, 4.69) is 0 Å². The summed E-state index contributed by atoms with van der Waals surface area (Å²) >= 11 is 0. The summed E-state index contributed by atoms with van der Waals surface area (Å²) in [7, 11) is 1.24. The summed E-state index contributed by atoms with van der Waals surface area (Å²) in [6, 6.07) is 3.05. The Morgan fingerprint density at radius 2 is 1.94 bits per heavy atom. The van der Waals surface area contributed by atoms with Crippen LogP contribution in [-0.4, -0.2) is 20.4 Å². The molecule has 8 heteroatoms. The van der Waals surface area contributed by atoms with Crippen molar-refractivity contribution in [1.29, 1.82) is 0 Å². The van der Waals surface area contributed by atoms with E-state index in [1.165, 1.54) is 13.2 Å². The maximum Gasteiger partial charge on any atom is 1.00 e. The Morgan fingerprint density at radius 1 is 1.28 bits per heavy atom. The van der Waals surface area contributed by atoms with Crippen LogP contribution < -0.4 is 61.6 Å². The topological polar surface area (TPSA) is 39.4 Å². The van der Waals surface area contributed by atoms with Crippen LogP contribution in [0.5, 0.6) is 5.75 Å². The van der Waals surface area contributed by atoms with Gasteiger partial charge in [0, 0.05) is 5.39 Å². The van der Waals surface area contributed by atoms with E-state index in [-0.39, 0.29) is 73.9 Å². The molecule has 90 valence electrons. The van der Waals surface area contributed by atoms with E-state index in [1.54, 1.807) is 0 Å². The second kappa shape index (κ2) is 5.79. The summed E-state index contributed by atoms with van der Waals surface area (Å²) < 4.78 is 47.8. The number of benzene rings is 1. The molecule has 0 spiro atoms. The summed E-state index contributed by atoms with van der Waals surface area (Å²) in [6.07, 6.45) is 0.428. The van der Waals surface area contributed by atoms with E-state index in [0.717, 1.165) is 12.1 Å². The van der Waals surface area contributed by atoms with E-state index in [1.807, 2.05) is 0 Å². The zero-order chi connectivity index (χ0) is 12.6. The number of halogens is 3. The van der Waals surface area contributed by atoms with Gasteiger partial charge in [0.2, 0.25) is 0 Å². The molecule has 0 bridgehead atoms. The minimum absolute atomic E-state index is 0. The second-order valence-corrected chi connectivity index (χ2v) is 3.48. The number of aldehydes is 1. The van der Waals surface area contributed by atoms with Crippen LogP contribution in [0, 0.1) is 0 Å². The van der Waals surface area contributed by atoms with Crippen molar-refractivity contribution < 1.29 is 78.3 Å². The van der Waals surface area contributed by atoms with Crippen molar-refractivity contribution in [3.63, 3.8) is 0 Å². The second-order valence-electron chi connectivity index (χ2n) is 3.48. The molecule has 0 unspecified atom stereocenters. The number of rotatable bonds is 3. The first-order chi connectivity index (χ1) is 7.95. The molecule has 1 heterocycles. The Balaban J connectivity index is 0.00000162. The molecule has 2 rings (SSSR count). The minimum atomic E-state index is -5.12. The molecule has 0 saturated heterocycles. The third-order valence-electron chi connectivity index (χ3n) is 2.34. The normalized spacial score (nSPS) is 11.1. The summed E-state index contributed by atoms with van der Waals surface area (Å²) in [5, 5.41) is 0.195. The molecule has 0 radical (unpaired) electrons. The summed E-state index contributed by atoms with van der Waals surface area (Å²) in [5.41, 5.74) is -0.647. The molecule has 0 aliphatic carbocycles. The van der Waals surface area contributed by atoms with Gasteiger partial charge >= 0.3 is 58.4 Å². The molecule has 0 amide bonds. The SMILES string of the molecule is COc1cc([B-](F)(F)F)cc2cc(C=O)oc12.[K+]. The van der Waals surface area contributed by atoms with Gasteiger partial charge in [0.05, 0.1) is 7.11 Å². The third kappa shape index (κ3) is 3.00. The van der Waals surface area contributed by atoms with Crippen LogP contribution >= 0.6 is 0 Å². The summed E-state index contributed by atoms with van der Waals surface area (Å²) in [6.45, 7) is -5.12. The number of hydrogen-bond donors (Lipinski definition) is 0. The molecule has 2 aromatic rings. The Labute approximate surface area is 143 Å². The predicted molar refractivity (Wildman–Crippen MR) is 56.9 cm³/mol. The van der Waals surface area contributed by atoms with Crippen molar-refractivity contribution in [2.75, 3.05) is 7.11 Å². The van der Waals surface area contributed by atoms with Gasteiger partial charge < -0.3 is 22.1 Å². The molecular weight excluding hydrogens is 275 g/mol. The number of fused-ring (bicyclic) bond motifs is 1. The zero-order valence-electron chi connectivity index (χ0n) is 9.75. The van der Waals surface area contributed by atoms with Gasteiger partial charge in [-0.1, -0.05) is 6.07 Å². The first-order valence-corrected chi connectivity index (χ1v) is 4.72. The molecular formula is C10H7BF3KO3. The number of furan rings is 1. The molecule has 1 aromatic heterocycles. The van der Waals surface area contributed by atoms with Crippen LogP contribution in [0.3, 0.4) is 0 Å². The number of ether oxygens (including phenoxy) is 1. The fourth-order valence-corrected chi connectivity index (χ4v) is 1.56. The van der Waals surface area contributed by atoms with E-state index in [4.69, 9.17) is 9.15 Å². The maximum atomic E-state index is 12.6. The van der Waals surface area contributed by atoms with Crippen molar-refractivity contribution in [3.05, 3.63) is 24.0 Å². The average Bonchev–Trinajstić information content (AvgIpc) is 2.69. The van der Waals surface area contributed by atoms with Gasteiger partial charge in [-0.25, -0.2) is 0 Å². The quantitative estimate of drug-likeness (QED) is 0.553. The van der Waals surface area contributed by atoms with Gasteiger partial charge in [0.1, 0.15) is 0 Å². The average molecular weight is 282 g/mol. The van der Waals surface area contributed by atoms with Crippen LogP contribution in [0.1, 0.15) is 10.6 Å². The van der Waals surface area contributed by atoms with Crippen LogP contribution in [-0.2, 0) is 0 Å². The van der Waals surface area contributed by atoms with E-state index >= 15 is 0 Å². The molecule has 0 atom stereocenters. The Hall–Kier alpha value is -0.279. The minimum Gasteiger partial charge on any atom is -0.493 e. The Morgan fingerprint density at radius 3 is 2.44 bits per heavy atom. The van der Waals surface area contributed by atoms with Crippen molar-refractivity contribution in [2.24, 2.45) is 0 Å². The molecule has 0 fully saturated rings. The van der Waals surface area contributed by atoms with Crippen molar-refractivity contribution in [2.45, 2.75) is 0 Å². The summed E-state index contributed by atoms with van der Waals surface area (Å²) in [4.78, 5) is 10.5. The predicted octanol–water partition coefficient (Wildman–Crippen LogP) is -0.688. The standard InChI is InChI=1S/C10H7BF3O3.K/c1-16-9-4-7(11(12,13)14)2-6-3-8(5-15)17-10(6)9;/h2-5H,1H3;/q-1;+1.